The van der Waals surface area contributed by atoms with Crippen LogP contribution in [0, 0.1) is 0 Å². The molecule has 0 aliphatic carbocycles. The molecule has 2 aromatic carbocycles. The molecule has 0 amide bonds. The minimum atomic E-state index is -4.50. The SMILES string of the molecule is CCOC(=O)C1=C(C)N=c2s/c(=C\c3ccc(-c4cccc(C(F)(F)F)c4)o3)c(=O)n2[C@@H]1c1ccc(OC)cc1OC. The molecule has 4 aromatic rings. The Hall–Kier alpha value is -4.58. The molecule has 0 fully saturated rings. The molecule has 0 spiro atoms. The lowest BCUT2D eigenvalue weighted by Gasteiger charge is -2.26. The average molecular weight is 599 g/mol. The summed E-state index contributed by atoms with van der Waals surface area (Å²) in [4.78, 5) is 31.9. The maximum atomic E-state index is 13.9. The fourth-order valence-electron chi connectivity index (χ4n) is 4.69. The summed E-state index contributed by atoms with van der Waals surface area (Å²) in [7, 11) is 2.99. The van der Waals surface area contributed by atoms with Gasteiger partial charge in [-0.3, -0.25) is 9.36 Å². The predicted octanol–water partition coefficient (Wildman–Crippen LogP) is 5.09. The topological polar surface area (TPSA) is 92.3 Å². The summed E-state index contributed by atoms with van der Waals surface area (Å²) in [5, 5.41) is 0. The van der Waals surface area contributed by atoms with Crippen LogP contribution in [0.5, 0.6) is 11.5 Å². The Bertz CT molecular complexity index is 1880. The van der Waals surface area contributed by atoms with Gasteiger partial charge in [0.2, 0.25) is 0 Å². The Morgan fingerprint density at radius 3 is 2.60 bits per heavy atom. The van der Waals surface area contributed by atoms with Crippen molar-refractivity contribution in [2.24, 2.45) is 4.99 Å². The second-order valence-electron chi connectivity index (χ2n) is 9.19. The second kappa shape index (κ2) is 11.4. The van der Waals surface area contributed by atoms with Gasteiger partial charge < -0.3 is 18.6 Å². The summed E-state index contributed by atoms with van der Waals surface area (Å²) in [6.45, 7) is 3.47. The quantitative estimate of drug-likeness (QED) is 0.275. The molecule has 42 heavy (non-hydrogen) atoms. The number of allylic oxidation sites excluding steroid dienone is 1. The van der Waals surface area contributed by atoms with Crippen LogP contribution >= 0.6 is 11.3 Å². The minimum Gasteiger partial charge on any atom is -0.497 e. The molecule has 218 valence electrons. The molecule has 8 nitrogen and oxygen atoms in total. The molecule has 0 N–H and O–H groups in total. The number of esters is 1. The number of methoxy groups -OCH3 is 2. The number of ether oxygens (including phenoxy) is 3. The third-order valence-electron chi connectivity index (χ3n) is 6.63. The third-order valence-corrected chi connectivity index (χ3v) is 7.61. The van der Waals surface area contributed by atoms with Gasteiger partial charge in [0.25, 0.3) is 5.56 Å². The number of furan rings is 1. The Morgan fingerprint density at radius 2 is 1.90 bits per heavy atom. The first-order valence-corrected chi connectivity index (χ1v) is 13.6. The number of rotatable bonds is 7. The van der Waals surface area contributed by atoms with E-state index >= 15 is 0 Å². The Kier molecular flexibility index (Phi) is 7.83. The molecule has 2 aromatic heterocycles. The molecule has 0 saturated carbocycles. The molecule has 12 heteroatoms. The van der Waals surface area contributed by atoms with Gasteiger partial charge in [0.05, 0.1) is 42.2 Å². The molecule has 1 aliphatic heterocycles. The fourth-order valence-corrected chi connectivity index (χ4v) is 5.72. The van der Waals surface area contributed by atoms with Crippen molar-refractivity contribution < 1.29 is 36.6 Å². The van der Waals surface area contributed by atoms with Crippen LogP contribution in [0.15, 0.2) is 80.1 Å². The van der Waals surface area contributed by atoms with Crippen molar-refractivity contribution in [3.05, 3.63) is 102 Å². The number of alkyl halides is 3. The highest BCUT2D eigenvalue weighted by Crippen LogP contribution is 2.38. The monoisotopic (exact) mass is 598 g/mol. The molecule has 1 aliphatic rings. The van der Waals surface area contributed by atoms with Crippen molar-refractivity contribution in [2.75, 3.05) is 20.8 Å². The van der Waals surface area contributed by atoms with Gasteiger partial charge in [-0.25, -0.2) is 9.79 Å². The van der Waals surface area contributed by atoms with Crippen molar-refractivity contribution in [2.45, 2.75) is 26.1 Å². The van der Waals surface area contributed by atoms with Crippen LogP contribution in [-0.2, 0) is 15.7 Å². The predicted molar refractivity (Wildman–Crippen MR) is 149 cm³/mol. The summed E-state index contributed by atoms with van der Waals surface area (Å²) >= 11 is 1.09. The van der Waals surface area contributed by atoms with E-state index in [1.54, 1.807) is 38.1 Å². The van der Waals surface area contributed by atoms with E-state index in [4.69, 9.17) is 18.6 Å². The van der Waals surface area contributed by atoms with Crippen LogP contribution in [0.3, 0.4) is 0 Å². The van der Waals surface area contributed by atoms with E-state index in [0.717, 1.165) is 23.5 Å². The lowest BCUT2D eigenvalue weighted by Crippen LogP contribution is -2.40. The molecule has 5 rings (SSSR count). The van der Waals surface area contributed by atoms with Crippen molar-refractivity contribution in [3.63, 3.8) is 0 Å². The number of nitrogens with zero attached hydrogens (tertiary/aromatic N) is 2. The number of thiazole rings is 1. The molecule has 0 unspecified atom stereocenters. The Morgan fingerprint density at radius 1 is 1.12 bits per heavy atom. The number of hydrogen-bond acceptors (Lipinski definition) is 8. The van der Waals surface area contributed by atoms with E-state index in [2.05, 4.69) is 4.99 Å². The van der Waals surface area contributed by atoms with Crippen LogP contribution in [-0.4, -0.2) is 31.4 Å². The average Bonchev–Trinajstić information content (AvgIpc) is 3.56. The van der Waals surface area contributed by atoms with Gasteiger partial charge in [0, 0.05) is 23.3 Å². The number of halogens is 3. The molecule has 0 saturated heterocycles. The van der Waals surface area contributed by atoms with E-state index in [0.29, 0.717) is 27.6 Å². The molecule has 1 atom stereocenters. The van der Waals surface area contributed by atoms with E-state index < -0.39 is 29.3 Å². The van der Waals surface area contributed by atoms with Crippen molar-refractivity contribution in [3.8, 4) is 22.8 Å². The van der Waals surface area contributed by atoms with E-state index in [-0.39, 0.29) is 33.8 Å². The smallest absolute Gasteiger partial charge is 0.416 e. The van der Waals surface area contributed by atoms with E-state index in [1.807, 2.05) is 0 Å². The van der Waals surface area contributed by atoms with Gasteiger partial charge in [-0.15, -0.1) is 0 Å². The molecule has 0 radical (unpaired) electrons. The fraction of sp³-hybridized carbons (Fsp3) is 0.233. The largest absolute Gasteiger partial charge is 0.497 e. The first-order chi connectivity index (χ1) is 20.0. The molecule has 0 bridgehead atoms. The zero-order chi connectivity index (χ0) is 30.2. The van der Waals surface area contributed by atoms with E-state index in [1.165, 1.54) is 43.1 Å². The van der Waals surface area contributed by atoms with Crippen molar-refractivity contribution >= 4 is 23.4 Å². The number of hydrogen-bond donors (Lipinski definition) is 0. The summed E-state index contributed by atoms with van der Waals surface area (Å²) in [6.07, 6.45) is -3.00. The van der Waals surface area contributed by atoms with Gasteiger partial charge in [-0.2, -0.15) is 13.2 Å². The van der Waals surface area contributed by atoms with Crippen molar-refractivity contribution in [1.82, 2.24) is 4.57 Å². The number of aromatic nitrogens is 1. The lowest BCUT2D eigenvalue weighted by molar-refractivity contribution is -0.139. The lowest BCUT2D eigenvalue weighted by atomic mass is 9.95. The maximum Gasteiger partial charge on any atom is 0.416 e. The van der Waals surface area contributed by atoms with Crippen LogP contribution in [0.25, 0.3) is 17.4 Å². The third kappa shape index (κ3) is 5.37. The number of carbonyl (C=O) groups excluding carboxylic acids is 1. The van der Waals surface area contributed by atoms with Crippen LogP contribution in [0.1, 0.15) is 36.8 Å². The maximum absolute atomic E-state index is 13.9. The normalized spacial score (nSPS) is 15.3. The summed E-state index contributed by atoms with van der Waals surface area (Å²) in [5.74, 6) is 0.764. The highest BCUT2D eigenvalue weighted by molar-refractivity contribution is 7.07. The number of carbonyl (C=O) groups is 1. The van der Waals surface area contributed by atoms with Crippen LogP contribution in [0.2, 0.25) is 0 Å². The Labute approximate surface area is 241 Å². The van der Waals surface area contributed by atoms with Gasteiger partial charge in [0.1, 0.15) is 29.1 Å². The zero-order valence-electron chi connectivity index (χ0n) is 22.9. The summed E-state index contributed by atoms with van der Waals surface area (Å²) < 4.78 is 63.3. The van der Waals surface area contributed by atoms with Crippen LogP contribution < -0.4 is 24.4 Å². The second-order valence-corrected chi connectivity index (χ2v) is 10.2. The summed E-state index contributed by atoms with van der Waals surface area (Å²) in [6, 6.07) is 12.0. The van der Waals surface area contributed by atoms with E-state index in [9.17, 15) is 22.8 Å². The first-order valence-electron chi connectivity index (χ1n) is 12.7. The standard InChI is InChI=1S/C30H25F3N2O6S/c1-5-40-28(37)25-16(2)34-29-35(26(25)21-11-9-19(38-3)14-23(21)39-4)27(36)24(42-29)15-20-10-12-22(41-20)17-7-6-8-18(13-17)30(31,32)33/h6-15,26H,5H2,1-4H3/b24-15-/t26-/m1/s1. The van der Waals surface area contributed by atoms with Gasteiger partial charge in [-0.05, 0) is 50.2 Å². The van der Waals surface area contributed by atoms with Crippen LogP contribution in [0.4, 0.5) is 13.2 Å². The van der Waals surface area contributed by atoms with Gasteiger partial charge in [-0.1, -0.05) is 23.5 Å². The molecular formula is C30H25F3N2O6S. The van der Waals surface area contributed by atoms with Crippen molar-refractivity contribution in [1.29, 1.82) is 0 Å². The van der Waals surface area contributed by atoms with Gasteiger partial charge in [0.15, 0.2) is 4.80 Å². The zero-order valence-corrected chi connectivity index (χ0v) is 23.8. The Balaban J connectivity index is 1.64. The minimum absolute atomic E-state index is 0.124. The molecular weight excluding hydrogens is 573 g/mol. The highest BCUT2D eigenvalue weighted by Gasteiger charge is 2.35. The first kappa shape index (κ1) is 28.9. The highest BCUT2D eigenvalue weighted by atomic mass is 32.1. The number of benzene rings is 2. The van der Waals surface area contributed by atoms with Gasteiger partial charge >= 0.3 is 12.1 Å². The molecule has 3 heterocycles. The number of fused-ring (bicyclic) bond motifs is 1. The summed E-state index contributed by atoms with van der Waals surface area (Å²) in [5.41, 5.74) is 0.0827.